The first-order valence-corrected chi connectivity index (χ1v) is 12.4. The number of carboxylic acid groups (broad SMARTS) is 1. The molecular formula is C30H27NO10. The molecule has 212 valence electrons. The second-order valence-electron chi connectivity index (χ2n) is 8.98. The normalized spacial score (nSPS) is 16.5. The van der Waals surface area contributed by atoms with Crippen LogP contribution in [0.5, 0.6) is 17.2 Å². The van der Waals surface area contributed by atoms with Crippen LogP contribution in [0.15, 0.2) is 72.3 Å². The number of Topliss-reactive ketones (excluding diaryl/α,β-unsaturated/α-hetero) is 2. The van der Waals surface area contributed by atoms with Gasteiger partial charge < -0.3 is 34.4 Å². The molecule has 3 N–H and O–H groups in total. The van der Waals surface area contributed by atoms with Crippen molar-refractivity contribution < 1.29 is 48.7 Å². The third-order valence-electron chi connectivity index (χ3n) is 6.51. The summed E-state index contributed by atoms with van der Waals surface area (Å²) < 4.78 is 15.4. The number of hydrogen-bond donors (Lipinski definition) is 3. The maximum atomic E-state index is 14.1. The molecule has 1 heterocycles. The van der Waals surface area contributed by atoms with Crippen LogP contribution in [-0.2, 0) is 14.3 Å². The van der Waals surface area contributed by atoms with Crippen molar-refractivity contribution in [1.82, 2.24) is 0 Å². The number of ketones is 2. The maximum Gasteiger partial charge on any atom is 0.337 e. The Morgan fingerprint density at radius 2 is 1.49 bits per heavy atom. The number of carbonyl (C=O) groups is 4. The summed E-state index contributed by atoms with van der Waals surface area (Å²) in [5, 5.41) is 32.0. The first kappa shape index (κ1) is 28.8. The standard InChI is InChI=1S/C30H27NO10/c1-4-41-24(33)16-30(38)28(35)25(27(34)18-7-12-21(40-3)13-8-18)26(17-5-10-20(39-2)11-6-17)31(30)23-14-9-19(32)15-22(23)29(36)37/h5-15,32,38H,4,16H2,1-3H3,(H,36,37). The fraction of sp³-hybridized carbons (Fsp3) is 0.200. The van der Waals surface area contributed by atoms with Crippen molar-refractivity contribution >= 4 is 34.9 Å². The fourth-order valence-corrected chi connectivity index (χ4v) is 4.61. The number of carboxylic acids is 1. The lowest BCUT2D eigenvalue weighted by molar-refractivity contribution is -0.152. The predicted octanol–water partition coefficient (Wildman–Crippen LogP) is 3.43. The Balaban J connectivity index is 2.06. The fourth-order valence-electron chi connectivity index (χ4n) is 4.61. The van der Waals surface area contributed by atoms with Crippen LogP contribution >= 0.6 is 0 Å². The van der Waals surface area contributed by atoms with Crippen molar-refractivity contribution in [3.8, 4) is 17.2 Å². The van der Waals surface area contributed by atoms with Crippen LogP contribution in [0.1, 0.15) is 39.6 Å². The molecule has 1 aliphatic rings. The smallest absolute Gasteiger partial charge is 0.337 e. The van der Waals surface area contributed by atoms with Gasteiger partial charge in [0.25, 0.3) is 0 Å². The number of ether oxygens (including phenoxy) is 3. The van der Waals surface area contributed by atoms with Crippen molar-refractivity contribution in [2.75, 3.05) is 25.7 Å². The summed E-state index contributed by atoms with van der Waals surface area (Å²) in [5.41, 5.74) is -3.84. The minimum Gasteiger partial charge on any atom is -0.508 e. The highest BCUT2D eigenvalue weighted by molar-refractivity contribution is 6.37. The van der Waals surface area contributed by atoms with Gasteiger partial charge in [-0.2, -0.15) is 0 Å². The second-order valence-corrected chi connectivity index (χ2v) is 8.98. The maximum absolute atomic E-state index is 14.1. The van der Waals surface area contributed by atoms with Gasteiger partial charge in [0.15, 0.2) is 5.78 Å². The summed E-state index contributed by atoms with van der Waals surface area (Å²) in [4.78, 5) is 54.0. The summed E-state index contributed by atoms with van der Waals surface area (Å²) in [7, 11) is 2.90. The zero-order chi connectivity index (χ0) is 29.9. The summed E-state index contributed by atoms with van der Waals surface area (Å²) >= 11 is 0. The number of phenols is 1. The number of carbonyl (C=O) groups excluding carboxylic acids is 3. The monoisotopic (exact) mass is 561 g/mol. The lowest BCUT2D eigenvalue weighted by Crippen LogP contribution is -2.52. The van der Waals surface area contributed by atoms with E-state index in [1.165, 1.54) is 56.7 Å². The number of aliphatic hydroxyl groups is 1. The molecule has 3 aromatic carbocycles. The number of hydrogen-bond acceptors (Lipinski definition) is 10. The summed E-state index contributed by atoms with van der Waals surface area (Å²) in [5.74, 6) is -3.87. The zero-order valence-electron chi connectivity index (χ0n) is 22.4. The van der Waals surface area contributed by atoms with Crippen molar-refractivity contribution in [3.63, 3.8) is 0 Å². The molecule has 3 aromatic rings. The van der Waals surface area contributed by atoms with Gasteiger partial charge in [-0.1, -0.05) is 0 Å². The summed E-state index contributed by atoms with van der Waals surface area (Å²) in [6.07, 6.45) is -0.932. The number of aromatic hydroxyl groups is 1. The molecule has 1 unspecified atom stereocenters. The van der Waals surface area contributed by atoms with Crippen molar-refractivity contribution in [1.29, 1.82) is 0 Å². The number of esters is 1. The van der Waals surface area contributed by atoms with E-state index in [2.05, 4.69) is 0 Å². The molecular weight excluding hydrogens is 534 g/mol. The predicted molar refractivity (Wildman–Crippen MR) is 146 cm³/mol. The van der Waals surface area contributed by atoms with Crippen molar-refractivity contribution in [2.24, 2.45) is 0 Å². The van der Waals surface area contributed by atoms with Gasteiger partial charge in [0.05, 0.1) is 43.3 Å². The minimum atomic E-state index is -2.76. The average molecular weight is 562 g/mol. The van der Waals surface area contributed by atoms with Gasteiger partial charge in [-0.3, -0.25) is 14.4 Å². The first-order chi connectivity index (χ1) is 19.5. The molecule has 0 spiro atoms. The van der Waals surface area contributed by atoms with Crippen molar-refractivity contribution in [2.45, 2.75) is 19.1 Å². The van der Waals surface area contributed by atoms with Gasteiger partial charge >= 0.3 is 11.9 Å². The number of benzene rings is 3. The zero-order valence-corrected chi connectivity index (χ0v) is 22.4. The number of methoxy groups -OCH3 is 2. The Morgan fingerprint density at radius 3 is 2.02 bits per heavy atom. The van der Waals surface area contributed by atoms with Crippen LogP contribution in [0.4, 0.5) is 5.69 Å². The molecule has 0 saturated carbocycles. The number of aromatic carboxylic acids is 1. The Kier molecular flexibility index (Phi) is 8.11. The topological polar surface area (TPSA) is 160 Å². The van der Waals surface area contributed by atoms with Gasteiger partial charge in [0.1, 0.15) is 23.7 Å². The van der Waals surface area contributed by atoms with E-state index >= 15 is 0 Å². The largest absolute Gasteiger partial charge is 0.508 e. The molecule has 0 bridgehead atoms. The van der Waals surface area contributed by atoms with Crippen LogP contribution in [0, 0.1) is 0 Å². The Bertz CT molecular complexity index is 1540. The molecule has 1 atom stereocenters. The molecule has 1 aliphatic heterocycles. The molecule has 0 amide bonds. The number of anilines is 1. The van der Waals surface area contributed by atoms with Gasteiger partial charge in [-0.25, -0.2) is 4.79 Å². The van der Waals surface area contributed by atoms with Crippen LogP contribution in [0.2, 0.25) is 0 Å². The van der Waals surface area contributed by atoms with Crippen LogP contribution in [0.3, 0.4) is 0 Å². The summed E-state index contributed by atoms with van der Waals surface area (Å²) in [6.45, 7) is 1.48. The van der Waals surface area contributed by atoms with Gasteiger partial charge in [-0.05, 0) is 79.2 Å². The van der Waals surface area contributed by atoms with Crippen LogP contribution < -0.4 is 14.4 Å². The molecule has 41 heavy (non-hydrogen) atoms. The Hall–Kier alpha value is -5.16. The molecule has 4 rings (SSSR count). The lowest BCUT2D eigenvalue weighted by Gasteiger charge is -2.36. The lowest BCUT2D eigenvalue weighted by atomic mass is 9.93. The van der Waals surface area contributed by atoms with E-state index in [1.54, 1.807) is 19.1 Å². The third-order valence-corrected chi connectivity index (χ3v) is 6.51. The van der Waals surface area contributed by atoms with E-state index in [9.17, 15) is 34.5 Å². The van der Waals surface area contributed by atoms with Crippen molar-refractivity contribution in [3.05, 3.63) is 89.0 Å². The summed E-state index contributed by atoms with van der Waals surface area (Å²) in [6, 6.07) is 15.3. The number of rotatable bonds is 10. The molecule has 0 aromatic heterocycles. The molecule has 0 fully saturated rings. The van der Waals surface area contributed by atoms with E-state index in [0.717, 1.165) is 17.0 Å². The van der Waals surface area contributed by atoms with Crippen LogP contribution in [-0.4, -0.2) is 65.4 Å². The molecule has 11 nitrogen and oxygen atoms in total. The second kappa shape index (κ2) is 11.5. The van der Waals surface area contributed by atoms with E-state index in [4.69, 9.17) is 14.2 Å². The van der Waals surface area contributed by atoms with E-state index in [-0.39, 0.29) is 29.1 Å². The Labute approximate surface area is 234 Å². The first-order valence-electron chi connectivity index (χ1n) is 12.4. The van der Waals surface area contributed by atoms with Crippen LogP contribution in [0.25, 0.3) is 5.70 Å². The SMILES string of the molecule is CCOC(=O)CC1(O)C(=O)C(C(=O)c2ccc(OC)cc2)=C(c2ccc(OC)cc2)N1c1ccc(O)cc1C(=O)O. The minimum absolute atomic E-state index is 0.0565. The quantitative estimate of drug-likeness (QED) is 0.189. The highest BCUT2D eigenvalue weighted by atomic mass is 16.5. The van der Waals surface area contributed by atoms with E-state index < -0.39 is 52.5 Å². The highest BCUT2D eigenvalue weighted by Crippen LogP contribution is 2.46. The molecule has 0 aliphatic carbocycles. The third kappa shape index (κ3) is 5.35. The van der Waals surface area contributed by atoms with Gasteiger partial charge in [-0.15, -0.1) is 0 Å². The van der Waals surface area contributed by atoms with Gasteiger partial charge in [0, 0.05) is 5.56 Å². The number of nitrogens with zero attached hydrogens (tertiary/aromatic N) is 1. The molecule has 0 saturated heterocycles. The average Bonchev–Trinajstić information content (AvgIpc) is 3.18. The molecule has 0 radical (unpaired) electrons. The van der Waals surface area contributed by atoms with Gasteiger partial charge in [0.2, 0.25) is 11.5 Å². The highest BCUT2D eigenvalue weighted by Gasteiger charge is 2.56. The Morgan fingerprint density at radius 1 is 0.902 bits per heavy atom. The van der Waals surface area contributed by atoms with E-state index in [0.29, 0.717) is 11.5 Å². The number of phenolic OH excluding ortho intramolecular Hbond substituents is 1. The molecule has 11 heteroatoms. The van der Waals surface area contributed by atoms with E-state index in [1.807, 2.05) is 0 Å².